The van der Waals surface area contributed by atoms with Gasteiger partial charge < -0.3 is 5.32 Å². The van der Waals surface area contributed by atoms with Gasteiger partial charge in [0.2, 0.25) is 0 Å². The second-order valence-corrected chi connectivity index (χ2v) is 8.53. The van der Waals surface area contributed by atoms with Crippen molar-refractivity contribution in [3.8, 4) is 0 Å². The number of benzene rings is 1. The first-order valence-electron chi connectivity index (χ1n) is 8.51. The number of aromatic nitrogens is 7. The smallest absolute Gasteiger partial charge is 0.278 e. The van der Waals surface area contributed by atoms with Gasteiger partial charge in [0.25, 0.3) is 5.91 Å². The number of carbonyl (C=O) groups is 1. The van der Waals surface area contributed by atoms with Gasteiger partial charge in [-0.2, -0.15) is 5.10 Å². The van der Waals surface area contributed by atoms with Gasteiger partial charge in [-0.1, -0.05) is 11.8 Å². The van der Waals surface area contributed by atoms with Crippen molar-refractivity contribution in [3.05, 3.63) is 61.1 Å². The molecule has 0 aliphatic rings. The van der Waals surface area contributed by atoms with E-state index in [4.69, 9.17) is 0 Å². The number of rotatable bonds is 7. The van der Waals surface area contributed by atoms with Crippen molar-refractivity contribution in [2.45, 2.75) is 25.0 Å². The van der Waals surface area contributed by atoms with Crippen LogP contribution in [0.25, 0.3) is 0 Å². The number of anilines is 1. The molecule has 0 saturated heterocycles. The number of amides is 1. The minimum absolute atomic E-state index is 0.184. The summed E-state index contributed by atoms with van der Waals surface area (Å²) < 4.78 is 0. The molecule has 150 valence electrons. The maximum absolute atomic E-state index is 12.9. The van der Waals surface area contributed by atoms with Crippen molar-refractivity contribution in [3.63, 3.8) is 0 Å². The molecule has 0 aliphatic heterocycles. The first-order chi connectivity index (χ1) is 14.7. The number of nitrogens with zero attached hydrogens (tertiary/aromatic N) is 6. The number of hydrogen-bond acceptors (Lipinski definition) is 10. The van der Waals surface area contributed by atoms with Gasteiger partial charge in [-0.3, -0.25) is 14.9 Å². The number of carbonyl (C=O) groups excluding carboxylic acids is 1. The van der Waals surface area contributed by atoms with Crippen LogP contribution in [0.3, 0.4) is 0 Å². The molecule has 1 amide bonds. The second-order valence-electron chi connectivity index (χ2n) is 5.58. The van der Waals surface area contributed by atoms with E-state index in [2.05, 4.69) is 40.4 Å². The van der Waals surface area contributed by atoms with Crippen LogP contribution >= 0.6 is 35.3 Å². The molecular formula is C18H14N8OS3. The molecule has 4 rings (SSSR count). The van der Waals surface area contributed by atoms with Crippen LogP contribution in [0.1, 0.15) is 10.5 Å². The van der Waals surface area contributed by atoms with E-state index in [9.17, 15) is 4.79 Å². The lowest BCUT2D eigenvalue weighted by atomic mass is 10.4. The number of nitrogens with one attached hydrogen (secondary N) is 2. The van der Waals surface area contributed by atoms with Crippen LogP contribution in [0, 0.1) is 0 Å². The Morgan fingerprint density at radius 1 is 1.00 bits per heavy atom. The van der Waals surface area contributed by atoms with Crippen LogP contribution in [0.4, 0.5) is 5.82 Å². The van der Waals surface area contributed by atoms with Crippen molar-refractivity contribution < 1.29 is 4.79 Å². The van der Waals surface area contributed by atoms with E-state index < -0.39 is 5.91 Å². The lowest BCUT2D eigenvalue weighted by molar-refractivity contribution is 0.101. The predicted molar refractivity (Wildman–Crippen MR) is 115 cm³/mol. The Hall–Kier alpha value is -2.96. The van der Waals surface area contributed by atoms with E-state index >= 15 is 0 Å². The lowest BCUT2D eigenvalue weighted by Crippen LogP contribution is -2.17. The van der Waals surface area contributed by atoms with Gasteiger partial charge in [-0.25, -0.2) is 19.9 Å². The minimum Gasteiger partial charge on any atom is -0.304 e. The maximum atomic E-state index is 12.9. The van der Waals surface area contributed by atoms with Crippen LogP contribution in [-0.2, 0) is 0 Å². The van der Waals surface area contributed by atoms with E-state index in [1.807, 2.05) is 30.5 Å². The number of hydrogen-bond donors (Lipinski definition) is 2. The first kappa shape index (κ1) is 20.3. The van der Waals surface area contributed by atoms with E-state index in [-0.39, 0.29) is 5.69 Å². The molecule has 0 aliphatic carbocycles. The van der Waals surface area contributed by atoms with Gasteiger partial charge in [0.1, 0.15) is 16.4 Å². The average molecular weight is 455 g/mol. The summed E-state index contributed by atoms with van der Waals surface area (Å²) in [6, 6.07) is 8.02. The van der Waals surface area contributed by atoms with Gasteiger partial charge in [-0.15, -0.1) is 11.8 Å². The maximum Gasteiger partial charge on any atom is 0.278 e. The van der Waals surface area contributed by atoms with Crippen LogP contribution < -0.4 is 5.32 Å². The Morgan fingerprint density at radius 3 is 2.53 bits per heavy atom. The Labute approximate surface area is 184 Å². The van der Waals surface area contributed by atoms with Gasteiger partial charge in [-0.05, 0) is 42.3 Å². The van der Waals surface area contributed by atoms with Gasteiger partial charge in [0.15, 0.2) is 16.7 Å². The fourth-order valence-electron chi connectivity index (χ4n) is 2.27. The van der Waals surface area contributed by atoms with Crippen molar-refractivity contribution >= 4 is 47.0 Å². The van der Waals surface area contributed by atoms with Crippen molar-refractivity contribution in [1.82, 2.24) is 35.1 Å². The molecule has 2 N–H and O–H groups in total. The van der Waals surface area contributed by atoms with Crippen LogP contribution in [0.2, 0.25) is 0 Å². The first-order valence-corrected chi connectivity index (χ1v) is 11.4. The molecule has 0 radical (unpaired) electrons. The molecule has 1 aromatic carbocycles. The Morgan fingerprint density at radius 2 is 1.83 bits per heavy atom. The van der Waals surface area contributed by atoms with Crippen molar-refractivity contribution in [2.24, 2.45) is 0 Å². The largest absolute Gasteiger partial charge is 0.304 e. The lowest BCUT2D eigenvalue weighted by Gasteiger charge is -2.09. The molecule has 3 heterocycles. The summed E-state index contributed by atoms with van der Waals surface area (Å²) in [5.41, 5.74) is 0.184. The standard InChI is InChI=1S/C18H14N8OS3/c1-28-11-2-4-12(5-3-11)29-17-15(16(27)24-13-8-19-6-7-20-13)25-14(9-21-17)30-18-22-10-23-26-18/h2-10H,1H3,(H,20,24,27)(H,22,23,26). The van der Waals surface area contributed by atoms with Crippen LogP contribution in [0.15, 0.2) is 80.4 Å². The van der Waals surface area contributed by atoms with Gasteiger partial charge >= 0.3 is 0 Å². The summed E-state index contributed by atoms with van der Waals surface area (Å²) in [7, 11) is 0. The number of H-pyrrole nitrogens is 1. The number of thioether (sulfide) groups is 1. The summed E-state index contributed by atoms with van der Waals surface area (Å²) in [5, 5.41) is 10.8. The Balaban J connectivity index is 1.63. The highest BCUT2D eigenvalue weighted by atomic mass is 32.2. The molecule has 0 spiro atoms. The summed E-state index contributed by atoms with van der Waals surface area (Å²) in [6.07, 6.45) is 9.52. The van der Waals surface area contributed by atoms with Crippen LogP contribution in [0.5, 0.6) is 0 Å². The van der Waals surface area contributed by atoms with Gasteiger partial charge in [0.05, 0.1) is 12.4 Å². The highest BCUT2D eigenvalue weighted by Crippen LogP contribution is 2.31. The average Bonchev–Trinajstić information content (AvgIpc) is 3.29. The second kappa shape index (κ2) is 9.69. The molecule has 0 bridgehead atoms. The summed E-state index contributed by atoms with van der Waals surface area (Å²) in [5.74, 6) is -0.0934. The topological polar surface area (TPSA) is 122 Å². The third kappa shape index (κ3) is 5.14. The monoisotopic (exact) mass is 454 g/mol. The van der Waals surface area contributed by atoms with Crippen LogP contribution in [-0.4, -0.2) is 47.3 Å². The fraction of sp³-hybridized carbons (Fsp3) is 0.0556. The third-order valence-corrected chi connectivity index (χ3v) is 6.14. The molecule has 0 unspecified atom stereocenters. The number of aromatic amines is 1. The van der Waals surface area contributed by atoms with Crippen molar-refractivity contribution in [1.29, 1.82) is 0 Å². The molecular weight excluding hydrogens is 440 g/mol. The van der Waals surface area contributed by atoms with Gasteiger partial charge in [0, 0.05) is 22.2 Å². The zero-order valence-corrected chi connectivity index (χ0v) is 18.0. The highest BCUT2D eigenvalue weighted by Gasteiger charge is 2.19. The third-order valence-electron chi connectivity index (χ3n) is 3.60. The van der Waals surface area contributed by atoms with E-state index in [0.717, 1.165) is 9.79 Å². The molecule has 12 heteroatoms. The van der Waals surface area contributed by atoms with E-state index in [0.29, 0.717) is 21.0 Å². The molecule has 0 atom stereocenters. The summed E-state index contributed by atoms with van der Waals surface area (Å²) >= 11 is 4.26. The minimum atomic E-state index is -0.425. The predicted octanol–water partition coefficient (Wildman–Crippen LogP) is 3.66. The SMILES string of the molecule is CSc1ccc(Sc2ncc(Sc3ncn[nH]3)nc2C(=O)Nc2cnccn2)cc1. The summed E-state index contributed by atoms with van der Waals surface area (Å²) in [4.78, 5) is 36.1. The molecule has 9 nitrogen and oxygen atoms in total. The summed E-state index contributed by atoms with van der Waals surface area (Å²) in [6.45, 7) is 0. The quantitative estimate of drug-likeness (QED) is 0.400. The zero-order valence-electron chi connectivity index (χ0n) is 15.5. The molecule has 0 fully saturated rings. The Kier molecular flexibility index (Phi) is 6.57. The normalized spacial score (nSPS) is 10.7. The fourth-order valence-corrected chi connectivity index (χ4v) is 4.15. The van der Waals surface area contributed by atoms with Crippen molar-refractivity contribution in [2.75, 3.05) is 11.6 Å². The highest BCUT2D eigenvalue weighted by molar-refractivity contribution is 7.99. The van der Waals surface area contributed by atoms with E-state index in [1.54, 1.807) is 18.0 Å². The molecule has 4 aromatic rings. The zero-order chi connectivity index (χ0) is 20.8. The Bertz CT molecular complexity index is 1120. The molecule has 3 aromatic heterocycles. The molecule has 30 heavy (non-hydrogen) atoms. The molecule has 0 saturated carbocycles. The van der Waals surface area contributed by atoms with E-state index in [1.165, 1.54) is 48.4 Å².